The van der Waals surface area contributed by atoms with E-state index in [1.807, 2.05) is 0 Å². The first-order chi connectivity index (χ1) is 3.46. The molecule has 0 saturated heterocycles. The molecule has 0 rings (SSSR count). The van der Waals surface area contributed by atoms with Crippen LogP contribution in [-0.2, 0) is 22.7 Å². The van der Waals surface area contributed by atoms with Gasteiger partial charge >= 0.3 is 56.6 Å². The van der Waals surface area contributed by atoms with Crippen molar-refractivity contribution in [1.82, 2.24) is 0 Å². The van der Waals surface area contributed by atoms with Crippen molar-refractivity contribution < 1.29 is 26.6 Å². The summed E-state index contributed by atoms with van der Waals surface area (Å²) < 4.78 is 45.7. The van der Waals surface area contributed by atoms with Gasteiger partial charge in [-0.15, -0.1) is 0 Å². The van der Waals surface area contributed by atoms with Crippen LogP contribution in [0.5, 0.6) is 0 Å². The monoisotopic (exact) mass is 214 g/mol. The van der Waals surface area contributed by atoms with E-state index in [0.717, 1.165) is 0 Å². The quantitative estimate of drug-likeness (QED) is 0.268. The summed E-state index contributed by atoms with van der Waals surface area (Å²) in [5.41, 5.74) is 0. The van der Waals surface area contributed by atoms with Crippen molar-refractivity contribution in [2.24, 2.45) is 0 Å². The molecule has 10 heavy (non-hydrogen) atoms. The van der Waals surface area contributed by atoms with Gasteiger partial charge in [0.05, 0.1) is 0 Å². The summed E-state index contributed by atoms with van der Waals surface area (Å²) in [6.45, 7) is 0. The minimum atomic E-state index is -2.61. The van der Waals surface area contributed by atoms with Crippen molar-refractivity contribution in [3.05, 3.63) is 0 Å². The van der Waals surface area contributed by atoms with Crippen LogP contribution in [0.4, 0.5) is 0 Å². The fraction of sp³-hybridized carbons (Fsp3) is 0. The number of hydrogen-bond acceptors (Lipinski definition) is 2. The Balaban J connectivity index is -0.0000000300. The molecular formula is H7CaLiO6S2. The van der Waals surface area contributed by atoms with E-state index >= 15 is 0 Å². The van der Waals surface area contributed by atoms with Gasteiger partial charge in [-0.05, 0) is 0 Å². The first-order valence-corrected chi connectivity index (χ1v) is 3.19. The van der Waals surface area contributed by atoms with Crippen LogP contribution in [0.3, 0.4) is 0 Å². The molecule has 0 radical (unpaired) electrons. The van der Waals surface area contributed by atoms with Crippen molar-refractivity contribution in [2.75, 3.05) is 0 Å². The van der Waals surface area contributed by atoms with Gasteiger partial charge in [-0.1, -0.05) is 0 Å². The molecule has 10 heteroatoms. The van der Waals surface area contributed by atoms with E-state index in [-0.39, 0.29) is 56.6 Å². The van der Waals surface area contributed by atoms with Crippen LogP contribution in [0.15, 0.2) is 0 Å². The summed E-state index contributed by atoms with van der Waals surface area (Å²) in [7, 11) is 0. The number of rotatable bonds is 0. The van der Waals surface area contributed by atoms with Gasteiger partial charge in [-0.2, -0.15) is 8.42 Å². The van der Waals surface area contributed by atoms with Gasteiger partial charge in [-0.3, -0.25) is 18.2 Å². The Hall–Kier alpha value is 2.00. The van der Waals surface area contributed by atoms with Gasteiger partial charge in [0.1, 0.15) is 0 Å². The van der Waals surface area contributed by atoms with E-state index < -0.39 is 22.7 Å². The molecule has 0 amide bonds. The van der Waals surface area contributed by atoms with E-state index in [1.165, 1.54) is 0 Å². The molecule has 0 aromatic carbocycles. The second-order valence-electron chi connectivity index (χ2n) is 0.461. The van der Waals surface area contributed by atoms with Gasteiger partial charge < -0.3 is 0 Å². The molecule has 0 atom stereocenters. The molecule has 0 fully saturated rings. The zero-order chi connectivity index (χ0) is 7.15. The molecular weight excluding hydrogens is 207 g/mol. The average Bonchev–Trinajstić information content (AvgIpc) is 1.25. The topological polar surface area (TPSA) is 115 Å². The Morgan fingerprint density at radius 3 is 0.800 bits per heavy atom. The van der Waals surface area contributed by atoms with Gasteiger partial charge in [0.25, 0.3) is 22.7 Å². The van der Waals surface area contributed by atoms with Crippen LogP contribution in [0.25, 0.3) is 0 Å². The molecule has 4 N–H and O–H groups in total. The molecule has 6 nitrogen and oxygen atoms in total. The van der Waals surface area contributed by atoms with E-state index in [1.54, 1.807) is 0 Å². The summed E-state index contributed by atoms with van der Waals surface area (Å²) in [5.74, 6) is 0. The first kappa shape index (κ1) is 22.7. The Morgan fingerprint density at radius 1 is 0.800 bits per heavy atom. The minimum absolute atomic E-state index is 0. The fourth-order valence-electron chi connectivity index (χ4n) is 0. The summed E-state index contributed by atoms with van der Waals surface area (Å²) in [6, 6.07) is 0. The fourth-order valence-corrected chi connectivity index (χ4v) is 0. The molecule has 58 valence electrons. The second-order valence-corrected chi connectivity index (χ2v) is 1.38. The molecule has 0 aliphatic heterocycles. The Bertz CT molecular complexity index is 73.7. The molecule has 0 bridgehead atoms. The number of hydrogen-bond donors (Lipinski definition) is 4. The van der Waals surface area contributed by atoms with Crippen molar-refractivity contribution >= 4 is 79.3 Å². The predicted molar refractivity (Wildman–Crippen MR) is 42.5 cm³/mol. The molecule has 0 spiro atoms. The molecule has 0 unspecified atom stereocenters. The average molecular weight is 214 g/mol. The Labute approximate surface area is 105 Å². The molecule has 0 aromatic rings. The summed E-state index contributed by atoms with van der Waals surface area (Å²) >= 11 is -5.22. The van der Waals surface area contributed by atoms with Crippen LogP contribution >= 0.6 is 0 Å². The van der Waals surface area contributed by atoms with Gasteiger partial charge in [0, 0.05) is 0 Å². The van der Waals surface area contributed by atoms with Crippen LogP contribution in [0.1, 0.15) is 0 Å². The Kier molecular flexibility index (Phi) is 39.0. The third kappa shape index (κ3) is 203. The second kappa shape index (κ2) is 17.2. The van der Waals surface area contributed by atoms with Crippen LogP contribution in [0, 0.1) is 0 Å². The van der Waals surface area contributed by atoms with E-state index in [2.05, 4.69) is 0 Å². The van der Waals surface area contributed by atoms with Crippen molar-refractivity contribution in [3.8, 4) is 0 Å². The molecule has 0 heterocycles. The van der Waals surface area contributed by atoms with Crippen LogP contribution in [0.2, 0.25) is 0 Å². The molecule has 0 aromatic heterocycles. The SMILES string of the molecule is O=S(O)O.O=S(O)O.[CaH2].[LiH]. The molecule has 0 aliphatic rings. The summed E-state index contributed by atoms with van der Waals surface area (Å²) in [4.78, 5) is 0. The van der Waals surface area contributed by atoms with E-state index in [9.17, 15) is 0 Å². The van der Waals surface area contributed by atoms with Gasteiger partial charge in [0.15, 0.2) is 0 Å². The van der Waals surface area contributed by atoms with Crippen molar-refractivity contribution in [1.29, 1.82) is 0 Å². The zero-order valence-electron chi connectivity index (χ0n) is 3.42. The third-order valence-corrected chi connectivity index (χ3v) is 0. The maximum absolute atomic E-state index is 8.67. The van der Waals surface area contributed by atoms with E-state index in [0.29, 0.717) is 0 Å². The van der Waals surface area contributed by atoms with Crippen LogP contribution in [-0.4, -0.2) is 83.2 Å². The van der Waals surface area contributed by atoms with Crippen molar-refractivity contribution in [3.63, 3.8) is 0 Å². The third-order valence-electron chi connectivity index (χ3n) is 0. The first-order valence-electron chi connectivity index (χ1n) is 1.06. The Morgan fingerprint density at radius 2 is 0.800 bits per heavy atom. The standard InChI is InChI=1S/Ca.Li.2H2O3S.3H/c;;2*1-4(2)3;;;/h;;2*(H2,1,2,3);;;. The maximum atomic E-state index is 8.67. The van der Waals surface area contributed by atoms with Crippen LogP contribution < -0.4 is 0 Å². The predicted octanol–water partition coefficient (Wildman–Crippen LogP) is -2.20. The van der Waals surface area contributed by atoms with Gasteiger partial charge in [0.2, 0.25) is 0 Å². The van der Waals surface area contributed by atoms with Gasteiger partial charge in [-0.25, -0.2) is 0 Å². The van der Waals surface area contributed by atoms with Crippen molar-refractivity contribution in [2.45, 2.75) is 0 Å². The zero-order valence-corrected chi connectivity index (χ0v) is 5.05. The normalized spacial score (nSPS) is 7.00. The van der Waals surface area contributed by atoms with E-state index in [4.69, 9.17) is 26.6 Å². The summed E-state index contributed by atoms with van der Waals surface area (Å²) in [5, 5.41) is 0. The molecule has 0 saturated carbocycles. The summed E-state index contributed by atoms with van der Waals surface area (Å²) in [6.07, 6.45) is 0. The molecule has 0 aliphatic carbocycles.